The van der Waals surface area contributed by atoms with Crippen LogP contribution in [0.1, 0.15) is 36.3 Å². The molecule has 162 valence electrons. The molecule has 2 saturated heterocycles. The summed E-state index contributed by atoms with van der Waals surface area (Å²) >= 11 is 8.13. The average molecular weight is 445 g/mol. The number of nitrogens with one attached hydrogen (secondary N) is 1. The fourth-order valence-corrected chi connectivity index (χ4v) is 6.26. The molecule has 2 bridgehead atoms. The van der Waals surface area contributed by atoms with Crippen molar-refractivity contribution < 1.29 is 4.74 Å². The van der Waals surface area contributed by atoms with Crippen molar-refractivity contribution in [1.29, 1.82) is 0 Å². The van der Waals surface area contributed by atoms with Crippen LogP contribution in [0.5, 0.6) is 5.75 Å². The Labute approximate surface area is 190 Å². The van der Waals surface area contributed by atoms with E-state index in [1.165, 1.54) is 30.4 Å². The summed E-state index contributed by atoms with van der Waals surface area (Å²) < 4.78 is 5.23. The van der Waals surface area contributed by atoms with E-state index in [-0.39, 0.29) is 0 Å². The van der Waals surface area contributed by atoms with E-state index in [1.807, 2.05) is 23.9 Å². The van der Waals surface area contributed by atoms with Crippen LogP contribution in [0.3, 0.4) is 0 Å². The van der Waals surface area contributed by atoms with E-state index in [4.69, 9.17) is 16.3 Å². The summed E-state index contributed by atoms with van der Waals surface area (Å²) in [5, 5.41) is 4.61. The molecule has 0 radical (unpaired) electrons. The zero-order chi connectivity index (χ0) is 20.9. The molecule has 0 aliphatic carbocycles. The standard InChI is InChI=1S/C25H33ClN2OS/c1-28-21-9-12-25(28)24(23(15-21)19-5-7-20(26)8-6-19)16-27-13-14-30-17-18-3-10-22(29-2)11-4-18/h3-8,10-11,21,23-25,27H,9,12-17H2,1-2H3/t21?,23-,24+,25?/m1/s1. The van der Waals surface area contributed by atoms with Crippen molar-refractivity contribution >= 4 is 23.4 Å². The van der Waals surface area contributed by atoms with E-state index in [0.29, 0.717) is 17.9 Å². The zero-order valence-electron chi connectivity index (χ0n) is 18.0. The van der Waals surface area contributed by atoms with Crippen LogP contribution in [0.15, 0.2) is 48.5 Å². The Morgan fingerprint density at radius 1 is 1.10 bits per heavy atom. The number of rotatable bonds is 9. The maximum Gasteiger partial charge on any atom is 0.118 e. The second-order valence-electron chi connectivity index (χ2n) is 8.63. The van der Waals surface area contributed by atoms with E-state index in [9.17, 15) is 0 Å². The van der Waals surface area contributed by atoms with Crippen molar-refractivity contribution in [3.8, 4) is 5.75 Å². The third-order valence-corrected chi connectivity index (χ3v) is 8.24. The Morgan fingerprint density at radius 2 is 1.87 bits per heavy atom. The summed E-state index contributed by atoms with van der Waals surface area (Å²) in [7, 11) is 4.04. The number of fused-ring (bicyclic) bond motifs is 2. The van der Waals surface area contributed by atoms with Crippen molar-refractivity contribution in [2.24, 2.45) is 5.92 Å². The molecule has 0 amide bonds. The summed E-state index contributed by atoms with van der Waals surface area (Å²) in [5.74, 6) is 4.41. The molecule has 0 saturated carbocycles. The van der Waals surface area contributed by atoms with Crippen LogP contribution in [0.25, 0.3) is 0 Å². The number of piperidine rings is 1. The van der Waals surface area contributed by atoms with E-state index >= 15 is 0 Å². The van der Waals surface area contributed by atoms with E-state index in [0.717, 1.165) is 41.4 Å². The molecular formula is C25H33ClN2OS. The minimum atomic E-state index is 0.635. The molecule has 2 unspecified atom stereocenters. The van der Waals surface area contributed by atoms with Crippen LogP contribution >= 0.6 is 23.4 Å². The number of ether oxygens (including phenoxy) is 1. The van der Waals surface area contributed by atoms with E-state index in [1.54, 1.807) is 7.11 Å². The molecule has 1 N–H and O–H groups in total. The van der Waals surface area contributed by atoms with Gasteiger partial charge in [-0.2, -0.15) is 11.8 Å². The highest BCUT2D eigenvalue weighted by Gasteiger charge is 2.45. The molecule has 2 aliphatic rings. The number of thioether (sulfide) groups is 1. The number of hydrogen-bond donors (Lipinski definition) is 1. The first-order valence-corrected chi connectivity index (χ1v) is 12.6. The van der Waals surface area contributed by atoms with Crippen LogP contribution in [-0.2, 0) is 5.75 Å². The molecule has 2 fully saturated rings. The van der Waals surface area contributed by atoms with Gasteiger partial charge in [-0.3, -0.25) is 0 Å². The predicted octanol–water partition coefficient (Wildman–Crippen LogP) is 5.44. The van der Waals surface area contributed by atoms with Gasteiger partial charge in [0, 0.05) is 41.7 Å². The number of halogens is 1. The molecule has 0 spiro atoms. The van der Waals surface area contributed by atoms with Gasteiger partial charge in [0.2, 0.25) is 0 Å². The largest absolute Gasteiger partial charge is 0.497 e. The molecule has 3 nitrogen and oxygen atoms in total. The van der Waals surface area contributed by atoms with Gasteiger partial charge in [0.1, 0.15) is 5.75 Å². The molecule has 0 aromatic heterocycles. The Balaban J connectivity index is 1.27. The molecular weight excluding hydrogens is 412 g/mol. The summed E-state index contributed by atoms with van der Waals surface area (Å²) in [4.78, 5) is 2.65. The quantitative estimate of drug-likeness (QED) is 0.520. The first-order chi connectivity index (χ1) is 14.7. The lowest BCUT2D eigenvalue weighted by Gasteiger charge is -2.43. The highest BCUT2D eigenvalue weighted by molar-refractivity contribution is 7.98. The van der Waals surface area contributed by atoms with Gasteiger partial charge < -0.3 is 15.0 Å². The monoisotopic (exact) mass is 444 g/mol. The number of benzene rings is 2. The second kappa shape index (κ2) is 10.4. The molecule has 30 heavy (non-hydrogen) atoms. The Morgan fingerprint density at radius 3 is 2.60 bits per heavy atom. The van der Waals surface area contributed by atoms with Gasteiger partial charge in [0.05, 0.1) is 7.11 Å². The van der Waals surface area contributed by atoms with Crippen molar-refractivity contribution in [3.63, 3.8) is 0 Å². The molecule has 2 aromatic carbocycles. The van der Waals surface area contributed by atoms with Gasteiger partial charge in [-0.1, -0.05) is 35.9 Å². The molecule has 5 heteroatoms. The van der Waals surface area contributed by atoms with Crippen LogP contribution < -0.4 is 10.1 Å². The Bertz CT molecular complexity index is 798. The average Bonchev–Trinajstić information content (AvgIpc) is 3.01. The zero-order valence-corrected chi connectivity index (χ0v) is 19.6. The third-order valence-electron chi connectivity index (χ3n) is 6.96. The number of hydrogen-bond acceptors (Lipinski definition) is 4. The fraction of sp³-hybridized carbons (Fsp3) is 0.520. The normalized spacial score (nSPS) is 26.1. The first-order valence-electron chi connectivity index (χ1n) is 11.0. The maximum absolute atomic E-state index is 6.14. The van der Waals surface area contributed by atoms with Crippen molar-refractivity contribution in [3.05, 3.63) is 64.7 Å². The van der Waals surface area contributed by atoms with Crippen molar-refractivity contribution in [2.45, 2.75) is 43.0 Å². The highest BCUT2D eigenvalue weighted by Crippen LogP contribution is 2.46. The van der Waals surface area contributed by atoms with Gasteiger partial charge >= 0.3 is 0 Å². The third kappa shape index (κ3) is 5.16. The van der Waals surface area contributed by atoms with Crippen LogP contribution in [0.2, 0.25) is 5.02 Å². The maximum atomic E-state index is 6.14. The van der Waals surface area contributed by atoms with Crippen LogP contribution in [-0.4, -0.2) is 50.0 Å². The van der Waals surface area contributed by atoms with Crippen molar-refractivity contribution in [2.75, 3.05) is 33.0 Å². The molecule has 2 aromatic rings. The van der Waals surface area contributed by atoms with E-state index in [2.05, 4.69) is 53.7 Å². The van der Waals surface area contributed by atoms with Gasteiger partial charge in [0.15, 0.2) is 0 Å². The van der Waals surface area contributed by atoms with Gasteiger partial charge in [-0.15, -0.1) is 0 Å². The smallest absolute Gasteiger partial charge is 0.118 e. The highest BCUT2D eigenvalue weighted by atomic mass is 35.5. The minimum absolute atomic E-state index is 0.635. The molecule has 4 rings (SSSR count). The van der Waals surface area contributed by atoms with E-state index < -0.39 is 0 Å². The topological polar surface area (TPSA) is 24.5 Å². The summed E-state index contributed by atoms with van der Waals surface area (Å²) in [6, 6.07) is 18.4. The lowest BCUT2D eigenvalue weighted by Crippen LogP contribution is -2.49. The van der Waals surface area contributed by atoms with Crippen LogP contribution in [0, 0.1) is 5.92 Å². The lowest BCUT2D eigenvalue weighted by atomic mass is 9.76. The van der Waals surface area contributed by atoms with Gasteiger partial charge in [-0.05, 0) is 73.5 Å². The molecule has 2 heterocycles. The number of nitrogens with zero attached hydrogens (tertiary/aromatic N) is 1. The fourth-order valence-electron chi connectivity index (χ4n) is 5.27. The minimum Gasteiger partial charge on any atom is -0.497 e. The van der Waals surface area contributed by atoms with Crippen molar-refractivity contribution in [1.82, 2.24) is 10.2 Å². The molecule has 4 atom stereocenters. The number of methoxy groups -OCH3 is 1. The summed E-state index contributed by atoms with van der Waals surface area (Å²) in [6.07, 6.45) is 3.95. The Kier molecular flexibility index (Phi) is 7.64. The lowest BCUT2D eigenvalue weighted by molar-refractivity contribution is 0.0993. The van der Waals surface area contributed by atoms with Gasteiger partial charge in [0.25, 0.3) is 0 Å². The second-order valence-corrected chi connectivity index (χ2v) is 10.2. The summed E-state index contributed by atoms with van der Waals surface area (Å²) in [6.45, 7) is 2.16. The van der Waals surface area contributed by atoms with Gasteiger partial charge in [-0.25, -0.2) is 0 Å². The molecule has 2 aliphatic heterocycles. The SMILES string of the molecule is COc1ccc(CSCCNC[C@@H]2C3CCC(C[C@@H]2c2ccc(Cl)cc2)N3C)cc1. The first kappa shape index (κ1) is 22.0. The summed E-state index contributed by atoms with van der Waals surface area (Å²) in [5.41, 5.74) is 2.82. The van der Waals surface area contributed by atoms with Crippen LogP contribution in [0.4, 0.5) is 0 Å². The predicted molar refractivity (Wildman–Crippen MR) is 129 cm³/mol. The Hall–Kier alpha value is -1.20.